The minimum Gasteiger partial charge on any atom is -0.263 e. The second-order valence-corrected chi connectivity index (χ2v) is 6.07. The summed E-state index contributed by atoms with van der Waals surface area (Å²) in [5.41, 5.74) is 1.26. The van der Waals surface area contributed by atoms with E-state index in [0.717, 1.165) is 0 Å². The van der Waals surface area contributed by atoms with Crippen LogP contribution >= 0.6 is 0 Å². The first-order chi connectivity index (χ1) is 9.19. The van der Waals surface area contributed by atoms with Crippen LogP contribution in [0, 0.1) is 0 Å². The lowest BCUT2D eigenvalue weighted by Crippen LogP contribution is -2.05. The second-order valence-electron chi connectivity index (χ2n) is 4.18. The zero-order valence-electron chi connectivity index (χ0n) is 10.0. The van der Waals surface area contributed by atoms with E-state index in [4.69, 9.17) is 0 Å². The zero-order chi connectivity index (χ0) is 13.3. The molecule has 1 aliphatic heterocycles. The first kappa shape index (κ1) is 11.9. The topological polar surface area (TPSA) is 46.5 Å². The van der Waals surface area contributed by atoms with Gasteiger partial charge in [-0.15, -0.1) is 0 Å². The molecule has 0 unspecified atom stereocenters. The molecule has 0 aromatic heterocycles. The largest absolute Gasteiger partial charge is 0.263 e. The Bertz CT molecular complexity index is 775. The van der Waals surface area contributed by atoms with Crippen molar-refractivity contribution in [2.24, 2.45) is 4.99 Å². The number of nitrogens with zero attached hydrogens (tertiary/aromatic N) is 1. The van der Waals surface area contributed by atoms with Crippen LogP contribution in [0.25, 0.3) is 4.91 Å². The van der Waals surface area contributed by atoms with Crippen molar-refractivity contribution in [3.05, 3.63) is 71.9 Å². The quantitative estimate of drug-likeness (QED) is 0.799. The highest BCUT2D eigenvalue weighted by atomic mass is 32.2. The zero-order valence-corrected chi connectivity index (χ0v) is 10.8. The van der Waals surface area contributed by atoms with Crippen molar-refractivity contribution >= 4 is 21.0 Å². The van der Waals surface area contributed by atoms with Crippen molar-refractivity contribution < 1.29 is 8.42 Å². The minimum atomic E-state index is -3.54. The van der Waals surface area contributed by atoms with Gasteiger partial charge in [0, 0.05) is 18.0 Å². The molecule has 1 heterocycles. The number of rotatable bonds is 1. The van der Waals surface area contributed by atoms with Crippen LogP contribution in [0.2, 0.25) is 0 Å². The Morgan fingerprint density at radius 3 is 2.32 bits per heavy atom. The number of hydrogen-bond acceptors (Lipinski definition) is 3. The van der Waals surface area contributed by atoms with Gasteiger partial charge in [-0.05, 0) is 11.6 Å². The van der Waals surface area contributed by atoms with Gasteiger partial charge in [-0.1, -0.05) is 48.5 Å². The number of fused-ring (bicyclic) bond motifs is 1. The van der Waals surface area contributed by atoms with E-state index in [2.05, 4.69) is 4.99 Å². The molecule has 0 atom stereocenters. The molecule has 3 nitrogen and oxygen atoms in total. The molecule has 0 saturated heterocycles. The van der Waals surface area contributed by atoms with E-state index in [9.17, 15) is 8.42 Å². The predicted octanol–water partition coefficient (Wildman–Crippen LogP) is 2.89. The average molecular weight is 269 g/mol. The molecule has 19 heavy (non-hydrogen) atoms. The van der Waals surface area contributed by atoms with E-state index in [-0.39, 0.29) is 4.91 Å². The standard InChI is InChI=1S/C15H11NO2S/c17-19(18)14-9-5-4-8-13(14)10-16-11-15(19)12-6-2-1-3-7-12/h1-11H. The molecule has 0 amide bonds. The monoisotopic (exact) mass is 269 g/mol. The first-order valence-corrected chi connectivity index (χ1v) is 7.31. The fraction of sp³-hybridized carbons (Fsp3) is 0. The molecule has 0 N–H and O–H groups in total. The SMILES string of the molecule is O=S1(=O)C(c2ccccc2)=CN=Cc2ccccc21. The lowest BCUT2D eigenvalue weighted by Gasteiger charge is -2.08. The molecule has 94 valence electrons. The van der Waals surface area contributed by atoms with Gasteiger partial charge in [-0.25, -0.2) is 8.42 Å². The summed E-state index contributed by atoms with van der Waals surface area (Å²) < 4.78 is 25.4. The van der Waals surface area contributed by atoms with Gasteiger partial charge in [0.1, 0.15) is 0 Å². The molecule has 0 bridgehead atoms. The maximum Gasteiger partial charge on any atom is 0.209 e. The van der Waals surface area contributed by atoms with Gasteiger partial charge < -0.3 is 0 Å². The summed E-state index contributed by atoms with van der Waals surface area (Å²) in [5, 5.41) is 0. The summed E-state index contributed by atoms with van der Waals surface area (Å²) in [5.74, 6) is 0. The van der Waals surface area contributed by atoms with E-state index < -0.39 is 9.84 Å². The molecule has 2 aromatic carbocycles. The normalized spacial score (nSPS) is 16.3. The van der Waals surface area contributed by atoms with Crippen molar-refractivity contribution in [1.29, 1.82) is 0 Å². The lowest BCUT2D eigenvalue weighted by atomic mass is 10.2. The first-order valence-electron chi connectivity index (χ1n) is 5.82. The van der Waals surface area contributed by atoms with Gasteiger partial charge in [-0.2, -0.15) is 0 Å². The molecule has 0 saturated carbocycles. The van der Waals surface area contributed by atoms with Crippen molar-refractivity contribution in [2.45, 2.75) is 4.90 Å². The molecule has 0 fully saturated rings. The molecular weight excluding hydrogens is 258 g/mol. The molecule has 2 aromatic rings. The number of aliphatic imine (C=N–C) groups is 1. The highest BCUT2D eigenvalue weighted by Gasteiger charge is 2.25. The molecular formula is C15H11NO2S. The summed E-state index contributed by atoms with van der Waals surface area (Å²) in [6, 6.07) is 15.9. The van der Waals surface area contributed by atoms with Crippen LogP contribution in [0.3, 0.4) is 0 Å². The van der Waals surface area contributed by atoms with E-state index >= 15 is 0 Å². The van der Waals surface area contributed by atoms with E-state index in [1.165, 1.54) is 6.20 Å². The van der Waals surface area contributed by atoms with Gasteiger partial charge in [0.2, 0.25) is 9.84 Å². The Morgan fingerprint density at radius 1 is 0.842 bits per heavy atom. The van der Waals surface area contributed by atoms with Crippen LogP contribution in [-0.2, 0) is 9.84 Å². The molecule has 0 aliphatic carbocycles. The summed E-state index contributed by atoms with van der Waals surface area (Å²) >= 11 is 0. The number of benzene rings is 2. The van der Waals surface area contributed by atoms with Crippen LogP contribution in [0.1, 0.15) is 11.1 Å². The summed E-state index contributed by atoms with van der Waals surface area (Å²) in [6.07, 6.45) is 2.98. The van der Waals surface area contributed by atoms with Crippen LogP contribution in [0.5, 0.6) is 0 Å². The van der Waals surface area contributed by atoms with E-state index in [1.807, 2.05) is 18.2 Å². The molecule has 0 radical (unpaired) electrons. The molecule has 0 spiro atoms. The van der Waals surface area contributed by atoms with E-state index in [0.29, 0.717) is 16.0 Å². The molecule has 1 aliphatic rings. The third-order valence-corrected chi connectivity index (χ3v) is 4.83. The van der Waals surface area contributed by atoms with Crippen LogP contribution < -0.4 is 0 Å². The van der Waals surface area contributed by atoms with E-state index in [1.54, 1.807) is 42.6 Å². The van der Waals surface area contributed by atoms with Crippen LogP contribution in [-0.4, -0.2) is 14.6 Å². The highest BCUT2D eigenvalue weighted by molar-refractivity contribution is 8.00. The Morgan fingerprint density at radius 2 is 1.53 bits per heavy atom. The fourth-order valence-corrected chi connectivity index (χ4v) is 3.61. The number of hydrogen-bond donors (Lipinski definition) is 0. The highest BCUT2D eigenvalue weighted by Crippen LogP contribution is 2.31. The van der Waals surface area contributed by atoms with Gasteiger partial charge in [-0.3, -0.25) is 4.99 Å². The third-order valence-electron chi connectivity index (χ3n) is 2.96. The fourth-order valence-electron chi connectivity index (χ4n) is 2.04. The second kappa shape index (κ2) is 4.48. The minimum absolute atomic E-state index is 0.231. The van der Waals surface area contributed by atoms with Crippen LogP contribution in [0.4, 0.5) is 0 Å². The summed E-state index contributed by atoms with van der Waals surface area (Å²) in [4.78, 5) is 4.63. The Hall–Kier alpha value is -2.20. The Kier molecular flexibility index (Phi) is 2.80. The van der Waals surface area contributed by atoms with Crippen molar-refractivity contribution in [1.82, 2.24) is 0 Å². The maximum atomic E-state index is 12.7. The Labute approximate surface area is 111 Å². The van der Waals surface area contributed by atoms with Crippen LogP contribution in [0.15, 0.2) is 70.7 Å². The molecule has 4 heteroatoms. The van der Waals surface area contributed by atoms with Gasteiger partial charge >= 0.3 is 0 Å². The molecule has 3 rings (SSSR count). The Balaban J connectivity index is 2.25. The van der Waals surface area contributed by atoms with Crippen molar-refractivity contribution in [2.75, 3.05) is 0 Å². The maximum absolute atomic E-state index is 12.7. The summed E-state index contributed by atoms with van der Waals surface area (Å²) in [6.45, 7) is 0. The predicted molar refractivity (Wildman–Crippen MR) is 75.6 cm³/mol. The summed E-state index contributed by atoms with van der Waals surface area (Å²) in [7, 11) is -3.54. The van der Waals surface area contributed by atoms with Crippen molar-refractivity contribution in [3.8, 4) is 0 Å². The lowest BCUT2D eigenvalue weighted by molar-refractivity contribution is 0.606. The smallest absolute Gasteiger partial charge is 0.209 e. The van der Waals surface area contributed by atoms with Gasteiger partial charge in [0.15, 0.2) is 0 Å². The number of sulfone groups is 1. The average Bonchev–Trinajstić information content (AvgIpc) is 2.57. The van der Waals surface area contributed by atoms with Crippen molar-refractivity contribution in [3.63, 3.8) is 0 Å². The third kappa shape index (κ3) is 2.00. The van der Waals surface area contributed by atoms with Gasteiger partial charge in [0.05, 0.1) is 9.80 Å². The van der Waals surface area contributed by atoms with Gasteiger partial charge in [0.25, 0.3) is 0 Å².